The zero-order valence-corrected chi connectivity index (χ0v) is 13.6. The highest BCUT2D eigenvalue weighted by Crippen LogP contribution is 2.27. The van der Waals surface area contributed by atoms with E-state index in [1.54, 1.807) is 18.2 Å². The Morgan fingerprint density at radius 2 is 1.62 bits per heavy atom. The van der Waals surface area contributed by atoms with E-state index in [0.717, 1.165) is 11.1 Å². The highest BCUT2D eigenvalue weighted by molar-refractivity contribution is 5.65. The third-order valence-electron chi connectivity index (χ3n) is 3.83. The van der Waals surface area contributed by atoms with Crippen molar-refractivity contribution in [2.24, 2.45) is 0 Å². The van der Waals surface area contributed by atoms with E-state index < -0.39 is 4.92 Å². The summed E-state index contributed by atoms with van der Waals surface area (Å²) >= 11 is 0. The molecule has 0 radical (unpaired) electrons. The summed E-state index contributed by atoms with van der Waals surface area (Å²) in [6, 6.07) is 15.4. The summed E-state index contributed by atoms with van der Waals surface area (Å²) in [6.07, 6.45) is 0. The van der Waals surface area contributed by atoms with Crippen molar-refractivity contribution in [2.45, 2.75) is 6.92 Å². The van der Waals surface area contributed by atoms with Crippen molar-refractivity contribution in [3.8, 4) is 34.3 Å². The number of nitrogens with zero attached hydrogens (tertiary/aromatic N) is 4. The predicted octanol–water partition coefficient (Wildman–Crippen LogP) is 4.28. The molecule has 128 valence electrons. The Morgan fingerprint density at radius 3 is 2.31 bits per heavy atom. The maximum atomic E-state index is 10.7. The first-order valence-electron chi connectivity index (χ1n) is 7.73. The average Bonchev–Trinajstić information content (AvgIpc) is 3.32. The lowest BCUT2D eigenvalue weighted by atomic mass is 10.1. The molecule has 4 aromatic rings. The minimum Gasteiger partial charge on any atom is -0.350 e. The molecule has 26 heavy (non-hydrogen) atoms. The molecule has 8 nitrogen and oxygen atoms in total. The van der Waals surface area contributed by atoms with Crippen molar-refractivity contribution >= 4 is 5.69 Å². The summed E-state index contributed by atoms with van der Waals surface area (Å²) in [7, 11) is 0. The van der Waals surface area contributed by atoms with Crippen LogP contribution in [0.25, 0.3) is 34.3 Å². The second-order valence-corrected chi connectivity index (χ2v) is 5.67. The minimum absolute atomic E-state index is 0.0112. The first-order chi connectivity index (χ1) is 12.6. The number of aromatic nitrogens is 3. The molecular formula is C18H12N4O4. The van der Waals surface area contributed by atoms with E-state index in [1.807, 2.05) is 31.2 Å². The Hall–Kier alpha value is -3.81. The molecular weight excluding hydrogens is 336 g/mol. The maximum Gasteiger partial charge on any atom is 0.296 e. The van der Waals surface area contributed by atoms with Gasteiger partial charge in [0.1, 0.15) is 5.69 Å². The molecule has 4 rings (SSSR count). The van der Waals surface area contributed by atoms with Gasteiger partial charge >= 0.3 is 0 Å². The Bertz CT molecular complexity index is 1070. The largest absolute Gasteiger partial charge is 0.350 e. The van der Waals surface area contributed by atoms with Gasteiger partial charge in [0, 0.05) is 29.3 Å². The van der Waals surface area contributed by atoms with Gasteiger partial charge in [-0.1, -0.05) is 40.1 Å². The van der Waals surface area contributed by atoms with Gasteiger partial charge in [-0.3, -0.25) is 10.1 Å². The van der Waals surface area contributed by atoms with Crippen LogP contribution in [0.5, 0.6) is 0 Å². The molecule has 0 amide bonds. The highest BCUT2D eigenvalue weighted by Gasteiger charge is 2.16. The van der Waals surface area contributed by atoms with Crippen LogP contribution >= 0.6 is 0 Å². The molecule has 0 spiro atoms. The predicted molar refractivity (Wildman–Crippen MR) is 92.1 cm³/mol. The van der Waals surface area contributed by atoms with Gasteiger partial charge in [-0.15, -0.1) is 0 Å². The fourth-order valence-corrected chi connectivity index (χ4v) is 2.41. The van der Waals surface area contributed by atoms with Crippen molar-refractivity contribution in [3.63, 3.8) is 0 Å². The van der Waals surface area contributed by atoms with Crippen LogP contribution in [-0.4, -0.2) is 20.2 Å². The van der Waals surface area contributed by atoms with E-state index in [9.17, 15) is 10.1 Å². The van der Waals surface area contributed by atoms with Gasteiger partial charge in [0.25, 0.3) is 11.6 Å². The second-order valence-electron chi connectivity index (χ2n) is 5.67. The van der Waals surface area contributed by atoms with E-state index in [1.165, 1.54) is 12.1 Å². The zero-order chi connectivity index (χ0) is 18.1. The third-order valence-corrected chi connectivity index (χ3v) is 3.83. The van der Waals surface area contributed by atoms with E-state index in [4.69, 9.17) is 9.05 Å². The molecule has 0 fully saturated rings. The number of rotatable bonds is 4. The van der Waals surface area contributed by atoms with Crippen molar-refractivity contribution in [2.75, 3.05) is 0 Å². The van der Waals surface area contributed by atoms with E-state index in [2.05, 4.69) is 15.3 Å². The molecule has 0 bridgehead atoms. The molecule has 0 atom stereocenters. The Morgan fingerprint density at radius 1 is 0.923 bits per heavy atom. The lowest BCUT2D eigenvalue weighted by Gasteiger charge is -1.94. The number of hydrogen-bond donors (Lipinski definition) is 0. The van der Waals surface area contributed by atoms with E-state index in [0.29, 0.717) is 22.8 Å². The van der Waals surface area contributed by atoms with Crippen molar-refractivity contribution in [3.05, 3.63) is 70.3 Å². The second kappa shape index (κ2) is 6.25. The van der Waals surface area contributed by atoms with Gasteiger partial charge in [0.2, 0.25) is 11.6 Å². The number of nitro groups is 1. The summed E-state index contributed by atoms with van der Waals surface area (Å²) in [6.45, 7) is 2.00. The van der Waals surface area contributed by atoms with Crippen LogP contribution in [0.3, 0.4) is 0 Å². The van der Waals surface area contributed by atoms with Gasteiger partial charge in [-0.2, -0.15) is 4.98 Å². The van der Waals surface area contributed by atoms with Crippen LogP contribution in [0, 0.1) is 17.0 Å². The average molecular weight is 348 g/mol. The van der Waals surface area contributed by atoms with Gasteiger partial charge in [0.05, 0.1) is 4.92 Å². The number of hydrogen-bond acceptors (Lipinski definition) is 7. The molecule has 0 N–H and O–H groups in total. The highest BCUT2D eigenvalue weighted by atomic mass is 16.6. The van der Waals surface area contributed by atoms with Gasteiger partial charge in [-0.25, -0.2) is 0 Å². The quantitative estimate of drug-likeness (QED) is 0.400. The lowest BCUT2D eigenvalue weighted by molar-refractivity contribution is -0.384. The zero-order valence-electron chi connectivity index (χ0n) is 13.6. The molecule has 8 heteroatoms. The SMILES string of the molecule is Cc1ccc(-c2noc(-c3cc(-c4ccc([N+](=O)[O-])cc4)no3)n2)cc1. The fourth-order valence-electron chi connectivity index (χ4n) is 2.41. The van der Waals surface area contributed by atoms with Gasteiger partial charge in [-0.05, 0) is 19.1 Å². The van der Waals surface area contributed by atoms with Crippen LogP contribution in [-0.2, 0) is 0 Å². The Kier molecular flexibility index (Phi) is 3.77. The third kappa shape index (κ3) is 2.95. The monoisotopic (exact) mass is 348 g/mol. The van der Waals surface area contributed by atoms with Crippen molar-refractivity contribution in [1.82, 2.24) is 15.3 Å². The topological polar surface area (TPSA) is 108 Å². The first-order valence-corrected chi connectivity index (χ1v) is 7.73. The summed E-state index contributed by atoms with van der Waals surface area (Å²) in [5.41, 5.74) is 3.19. The van der Waals surface area contributed by atoms with Crippen LogP contribution < -0.4 is 0 Å². The van der Waals surface area contributed by atoms with Crippen LogP contribution in [0.4, 0.5) is 5.69 Å². The van der Waals surface area contributed by atoms with Crippen LogP contribution in [0.15, 0.2) is 63.6 Å². The standard InChI is InChI=1S/C18H12N4O4/c1-11-2-4-13(5-3-11)17-19-18(26-21-17)16-10-15(20-25-16)12-6-8-14(9-7-12)22(23)24/h2-10H,1H3. The summed E-state index contributed by atoms with van der Waals surface area (Å²) in [5, 5.41) is 18.6. The number of non-ortho nitro benzene ring substituents is 1. The first kappa shape index (κ1) is 15.7. The van der Waals surface area contributed by atoms with Crippen LogP contribution in [0.2, 0.25) is 0 Å². The molecule has 0 saturated heterocycles. The summed E-state index contributed by atoms with van der Waals surface area (Å²) in [5.74, 6) is 0.985. The van der Waals surface area contributed by atoms with Gasteiger partial charge in [0.15, 0.2) is 0 Å². The minimum atomic E-state index is -0.455. The molecule has 0 unspecified atom stereocenters. The Balaban J connectivity index is 1.60. The molecule has 0 aliphatic carbocycles. The Labute approximate surface area is 147 Å². The molecule has 2 heterocycles. The normalized spacial score (nSPS) is 10.8. The number of nitro benzene ring substituents is 1. The lowest BCUT2D eigenvalue weighted by Crippen LogP contribution is -1.87. The molecule has 2 aromatic heterocycles. The fraction of sp³-hybridized carbons (Fsp3) is 0.0556. The van der Waals surface area contributed by atoms with Crippen molar-refractivity contribution < 1.29 is 14.0 Å². The molecule has 0 aliphatic heterocycles. The van der Waals surface area contributed by atoms with Crippen molar-refractivity contribution in [1.29, 1.82) is 0 Å². The van der Waals surface area contributed by atoms with E-state index >= 15 is 0 Å². The van der Waals surface area contributed by atoms with E-state index in [-0.39, 0.29) is 11.6 Å². The summed E-state index contributed by atoms with van der Waals surface area (Å²) in [4.78, 5) is 14.6. The number of aryl methyl sites for hydroxylation is 1. The van der Waals surface area contributed by atoms with Crippen LogP contribution in [0.1, 0.15) is 5.56 Å². The van der Waals surface area contributed by atoms with Gasteiger partial charge < -0.3 is 9.05 Å². The molecule has 0 aliphatic rings. The molecule has 0 saturated carbocycles. The molecule has 2 aromatic carbocycles. The summed E-state index contributed by atoms with van der Waals surface area (Å²) < 4.78 is 10.5. The maximum absolute atomic E-state index is 10.7. The number of benzene rings is 2. The smallest absolute Gasteiger partial charge is 0.296 e.